The molecule has 0 heterocycles. The SMILES string of the molecule is CCCCCCCCN=Cc1cc2ccc3cccc4ccc(c1O)c2c34. The molecule has 0 aromatic heterocycles. The van der Waals surface area contributed by atoms with Gasteiger partial charge >= 0.3 is 0 Å². The van der Waals surface area contributed by atoms with Gasteiger partial charge in [-0.2, -0.15) is 0 Å². The van der Waals surface area contributed by atoms with Gasteiger partial charge in [0.2, 0.25) is 0 Å². The lowest BCUT2D eigenvalue weighted by Gasteiger charge is -2.13. The van der Waals surface area contributed by atoms with Crippen LogP contribution in [0.25, 0.3) is 32.3 Å². The van der Waals surface area contributed by atoms with Crippen molar-refractivity contribution >= 4 is 38.5 Å². The third-order valence-electron chi connectivity index (χ3n) is 5.52. The van der Waals surface area contributed by atoms with Gasteiger partial charge in [0.25, 0.3) is 0 Å². The maximum Gasteiger partial charge on any atom is 0.132 e. The van der Waals surface area contributed by atoms with Crippen LogP contribution >= 0.6 is 0 Å². The number of phenolic OH excluding ortho intramolecular Hbond substituents is 1. The van der Waals surface area contributed by atoms with Gasteiger partial charge in [-0.3, -0.25) is 4.99 Å². The van der Waals surface area contributed by atoms with Gasteiger partial charge < -0.3 is 5.11 Å². The highest BCUT2D eigenvalue weighted by molar-refractivity contribution is 6.25. The van der Waals surface area contributed by atoms with Crippen LogP contribution in [0.4, 0.5) is 0 Å². The van der Waals surface area contributed by atoms with E-state index < -0.39 is 0 Å². The molecule has 0 saturated heterocycles. The molecule has 0 unspecified atom stereocenters. The van der Waals surface area contributed by atoms with Gasteiger partial charge in [0.1, 0.15) is 5.75 Å². The highest BCUT2D eigenvalue weighted by atomic mass is 16.3. The molecule has 0 radical (unpaired) electrons. The molecule has 1 N–H and O–H groups in total. The van der Waals surface area contributed by atoms with E-state index in [1.54, 1.807) is 0 Å². The van der Waals surface area contributed by atoms with Gasteiger partial charge in [-0.1, -0.05) is 75.4 Å². The molecule has 0 bridgehead atoms. The zero-order chi connectivity index (χ0) is 18.6. The molecule has 4 aromatic rings. The van der Waals surface area contributed by atoms with Crippen LogP contribution in [-0.4, -0.2) is 17.9 Å². The second-order valence-electron chi connectivity index (χ2n) is 7.47. The van der Waals surface area contributed by atoms with Crippen LogP contribution in [0, 0.1) is 0 Å². The van der Waals surface area contributed by atoms with Crippen molar-refractivity contribution in [2.24, 2.45) is 4.99 Å². The lowest BCUT2D eigenvalue weighted by atomic mass is 9.92. The Balaban J connectivity index is 1.59. The number of hydrogen-bond acceptors (Lipinski definition) is 2. The minimum absolute atomic E-state index is 0.340. The molecule has 138 valence electrons. The molecule has 0 aliphatic heterocycles. The van der Waals surface area contributed by atoms with Crippen LogP contribution in [0.5, 0.6) is 5.75 Å². The van der Waals surface area contributed by atoms with Crippen LogP contribution in [0.3, 0.4) is 0 Å². The maximum atomic E-state index is 10.8. The number of phenols is 1. The molecule has 0 atom stereocenters. The van der Waals surface area contributed by atoms with Crippen molar-refractivity contribution in [3.8, 4) is 5.75 Å². The van der Waals surface area contributed by atoms with Crippen LogP contribution < -0.4 is 0 Å². The van der Waals surface area contributed by atoms with E-state index in [9.17, 15) is 5.11 Å². The van der Waals surface area contributed by atoms with E-state index in [2.05, 4.69) is 54.4 Å². The molecular weight excluding hydrogens is 330 g/mol. The lowest BCUT2D eigenvalue weighted by Crippen LogP contribution is -1.90. The fourth-order valence-corrected chi connectivity index (χ4v) is 4.06. The molecule has 0 aliphatic rings. The Kier molecular flexibility index (Phi) is 5.24. The molecule has 2 heteroatoms. The molecule has 4 rings (SSSR count). The van der Waals surface area contributed by atoms with E-state index in [0.29, 0.717) is 5.75 Å². The van der Waals surface area contributed by atoms with Crippen molar-refractivity contribution in [3.05, 3.63) is 54.1 Å². The van der Waals surface area contributed by atoms with E-state index in [-0.39, 0.29) is 0 Å². The molecule has 0 saturated carbocycles. The monoisotopic (exact) mass is 357 g/mol. The molecule has 0 spiro atoms. The third-order valence-corrected chi connectivity index (χ3v) is 5.52. The molecule has 0 aliphatic carbocycles. The highest BCUT2D eigenvalue weighted by Gasteiger charge is 2.13. The van der Waals surface area contributed by atoms with Crippen molar-refractivity contribution in [3.63, 3.8) is 0 Å². The average Bonchev–Trinajstić information content (AvgIpc) is 2.70. The average molecular weight is 357 g/mol. The van der Waals surface area contributed by atoms with Crippen molar-refractivity contribution in [1.29, 1.82) is 0 Å². The van der Waals surface area contributed by atoms with Gasteiger partial charge in [0, 0.05) is 29.1 Å². The summed E-state index contributed by atoms with van der Waals surface area (Å²) in [6.45, 7) is 3.07. The third kappa shape index (κ3) is 3.49. The van der Waals surface area contributed by atoms with Crippen LogP contribution in [0.1, 0.15) is 51.0 Å². The van der Waals surface area contributed by atoms with Gasteiger partial charge in [-0.25, -0.2) is 0 Å². The van der Waals surface area contributed by atoms with Crippen molar-refractivity contribution in [2.45, 2.75) is 45.4 Å². The van der Waals surface area contributed by atoms with Crippen molar-refractivity contribution < 1.29 is 5.11 Å². The number of aromatic hydroxyl groups is 1. The smallest absolute Gasteiger partial charge is 0.132 e. The maximum absolute atomic E-state index is 10.8. The predicted molar refractivity (Wildman–Crippen MR) is 118 cm³/mol. The lowest BCUT2D eigenvalue weighted by molar-refractivity contribution is 0.481. The standard InChI is InChI=1S/C25H27NO/c1-2-3-4-5-6-7-15-26-17-21-16-20-12-11-18-9-8-10-19-13-14-22(25(21)27)24(20)23(18)19/h8-14,16-17,27H,2-7,15H2,1H3. The first-order chi connectivity index (χ1) is 13.3. The van der Waals surface area contributed by atoms with Crippen LogP contribution in [-0.2, 0) is 0 Å². The highest BCUT2D eigenvalue weighted by Crippen LogP contribution is 2.39. The minimum atomic E-state index is 0.340. The first-order valence-corrected chi connectivity index (χ1v) is 10.2. The second-order valence-corrected chi connectivity index (χ2v) is 7.47. The predicted octanol–water partition coefficient (Wildman–Crippen LogP) is 7.07. The number of hydrogen-bond donors (Lipinski definition) is 1. The Morgan fingerprint density at radius 1 is 0.815 bits per heavy atom. The first kappa shape index (κ1) is 17.8. The molecule has 27 heavy (non-hydrogen) atoms. The van der Waals surface area contributed by atoms with E-state index >= 15 is 0 Å². The molecule has 2 nitrogen and oxygen atoms in total. The number of unbranched alkanes of at least 4 members (excludes halogenated alkanes) is 5. The Labute approximate surface area is 160 Å². The van der Waals surface area contributed by atoms with E-state index in [4.69, 9.17) is 0 Å². The second kappa shape index (κ2) is 7.96. The summed E-state index contributed by atoms with van der Waals surface area (Å²) in [5.74, 6) is 0.340. The van der Waals surface area contributed by atoms with E-state index in [0.717, 1.165) is 34.7 Å². The Bertz CT molecular complexity index is 1060. The number of benzene rings is 4. The van der Waals surface area contributed by atoms with Crippen LogP contribution in [0.15, 0.2) is 53.5 Å². The molecule has 0 amide bonds. The summed E-state index contributed by atoms with van der Waals surface area (Å²) in [5, 5.41) is 17.7. The van der Waals surface area contributed by atoms with E-state index in [1.165, 1.54) is 48.3 Å². The zero-order valence-corrected chi connectivity index (χ0v) is 16.0. The molecule has 4 aromatic carbocycles. The quantitative estimate of drug-likeness (QED) is 0.204. The number of aliphatic imine (C=N–C) groups is 1. The van der Waals surface area contributed by atoms with Crippen molar-refractivity contribution in [2.75, 3.05) is 6.54 Å². The summed E-state index contributed by atoms with van der Waals surface area (Å²) in [6.07, 6.45) is 9.45. The first-order valence-electron chi connectivity index (χ1n) is 10.2. The Morgan fingerprint density at radius 2 is 1.52 bits per heavy atom. The normalized spacial score (nSPS) is 12.2. The summed E-state index contributed by atoms with van der Waals surface area (Å²) < 4.78 is 0. The van der Waals surface area contributed by atoms with Gasteiger partial charge in [0.05, 0.1) is 0 Å². The van der Waals surface area contributed by atoms with Gasteiger partial charge in [0.15, 0.2) is 0 Å². The summed E-state index contributed by atoms with van der Waals surface area (Å²) in [6, 6.07) is 16.9. The minimum Gasteiger partial charge on any atom is -0.507 e. The molecule has 0 fully saturated rings. The Morgan fingerprint density at radius 3 is 2.33 bits per heavy atom. The molecular formula is C25H27NO. The Hall–Kier alpha value is -2.61. The number of nitrogens with zero attached hydrogens (tertiary/aromatic N) is 1. The van der Waals surface area contributed by atoms with E-state index in [1.807, 2.05) is 12.3 Å². The summed E-state index contributed by atoms with van der Waals surface area (Å²) in [5.41, 5.74) is 0.812. The fourth-order valence-electron chi connectivity index (χ4n) is 4.06. The van der Waals surface area contributed by atoms with Crippen molar-refractivity contribution in [1.82, 2.24) is 0 Å². The van der Waals surface area contributed by atoms with Gasteiger partial charge in [-0.15, -0.1) is 0 Å². The topological polar surface area (TPSA) is 32.6 Å². The fraction of sp³-hybridized carbons (Fsp3) is 0.320. The zero-order valence-electron chi connectivity index (χ0n) is 16.0. The summed E-state index contributed by atoms with van der Waals surface area (Å²) in [4.78, 5) is 4.57. The van der Waals surface area contributed by atoms with Crippen LogP contribution in [0.2, 0.25) is 0 Å². The largest absolute Gasteiger partial charge is 0.507 e. The summed E-state index contributed by atoms with van der Waals surface area (Å²) in [7, 11) is 0. The van der Waals surface area contributed by atoms with Gasteiger partial charge in [-0.05, 0) is 40.1 Å². The number of rotatable bonds is 8. The summed E-state index contributed by atoms with van der Waals surface area (Å²) >= 11 is 0.